The Balaban J connectivity index is 0. The molecule has 174 valence electrons. The number of aliphatic carboxylic acids is 2. The van der Waals surface area contributed by atoms with E-state index >= 15 is 0 Å². The van der Waals surface area contributed by atoms with Gasteiger partial charge in [-0.3, -0.25) is 4.79 Å². The van der Waals surface area contributed by atoms with Crippen LogP contribution in [0.3, 0.4) is 0 Å². The van der Waals surface area contributed by atoms with Crippen molar-refractivity contribution in [2.45, 2.75) is 109 Å². The molecule has 1 unspecified atom stereocenters. The lowest BCUT2D eigenvalue weighted by molar-refractivity contribution is -0.870. The smallest absolute Gasteiger partial charge is 0.306 e. The molecule has 0 aromatic heterocycles. The molecule has 0 heterocycles. The van der Waals surface area contributed by atoms with Crippen LogP contribution in [0.2, 0.25) is 0 Å². The van der Waals surface area contributed by atoms with Crippen molar-refractivity contribution >= 4 is 11.9 Å². The van der Waals surface area contributed by atoms with Crippen LogP contribution in [0.1, 0.15) is 103 Å². The lowest BCUT2D eigenvalue weighted by Gasteiger charge is -2.23. The third-order valence-corrected chi connectivity index (χ3v) is 4.82. The minimum atomic E-state index is -1.90. The highest BCUT2D eigenvalue weighted by Crippen LogP contribution is 2.13. The predicted molar refractivity (Wildman–Crippen MR) is 116 cm³/mol. The molecule has 0 fully saturated rings. The number of aliphatic hydroxyl groups excluding tert-OH is 1. The number of hydrogen-bond donors (Lipinski definition) is 2. The number of carboxylic acid groups (broad SMARTS) is 2. The van der Waals surface area contributed by atoms with Gasteiger partial charge in [-0.1, -0.05) is 84.0 Å². The highest BCUT2D eigenvalue weighted by Gasteiger charge is 2.08. The van der Waals surface area contributed by atoms with Gasteiger partial charge in [0.1, 0.15) is 6.10 Å². The van der Waals surface area contributed by atoms with E-state index in [4.69, 9.17) is 10.2 Å². The Morgan fingerprint density at radius 2 is 1.10 bits per heavy atom. The first-order valence-corrected chi connectivity index (χ1v) is 11.5. The number of aliphatic hydroxyl groups is 1. The normalized spacial score (nSPS) is 12.2. The standard InChI is InChI=1S/C19H42N.C4H6O5/c1-5-6-7-8-9-10-11-12-13-14-15-16-17-18-19-20(2,3)4;5-2(4(8)9)1-3(6)7/h5-19H2,1-4H3;2,5H,1H2,(H,6,7)(H,8,9)/q+1;/p-1. The molecular weight excluding hydrogens is 370 g/mol. The second-order valence-corrected chi connectivity index (χ2v) is 9.04. The number of carbonyl (C=O) groups is 2. The van der Waals surface area contributed by atoms with Crippen molar-refractivity contribution in [2.75, 3.05) is 27.7 Å². The van der Waals surface area contributed by atoms with Crippen molar-refractivity contribution in [1.82, 2.24) is 0 Å². The van der Waals surface area contributed by atoms with Gasteiger partial charge >= 0.3 is 5.97 Å². The first kappa shape index (κ1) is 30.1. The summed E-state index contributed by atoms with van der Waals surface area (Å²) in [6.07, 6.45) is 17.7. The lowest BCUT2D eigenvalue weighted by atomic mass is 10.0. The van der Waals surface area contributed by atoms with E-state index in [0.717, 1.165) is 4.48 Å². The molecular formula is C23H47NO5. The van der Waals surface area contributed by atoms with Crippen LogP contribution in [0.5, 0.6) is 0 Å². The van der Waals surface area contributed by atoms with Gasteiger partial charge in [-0.25, -0.2) is 0 Å². The van der Waals surface area contributed by atoms with Gasteiger partial charge in [-0.15, -0.1) is 0 Å². The van der Waals surface area contributed by atoms with Crippen LogP contribution < -0.4 is 5.11 Å². The Morgan fingerprint density at radius 1 is 0.759 bits per heavy atom. The third-order valence-electron chi connectivity index (χ3n) is 4.82. The summed E-state index contributed by atoms with van der Waals surface area (Å²) in [5.74, 6) is -3.14. The summed E-state index contributed by atoms with van der Waals surface area (Å²) in [6, 6.07) is 0. The summed E-state index contributed by atoms with van der Waals surface area (Å²) in [6.45, 7) is 3.63. The number of hydrogen-bond acceptors (Lipinski definition) is 4. The van der Waals surface area contributed by atoms with E-state index < -0.39 is 24.5 Å². The van der Waals surface area contributed by atoms with Crippen LogP contribution in [-0.4, -0.2) is 60.4 Å². The van der Waals surface area contributed by atoms with E-state index in [1.165, 1.54) is 96.4 Å². The van der Waals surface area contributed by atoms with E-state index in [1.54, 1.807) is 0 Å². The average Bonchev–Trinajstić information content (AvgIpc) is 2.61. The second-order valence-electron chi connectivity index (χ2n) is 9.04. The summed E-state index contributed by atoms with van der Waals surface area (Å²) in [7, 11) is 6.88. The highest BCUT2D eigenvalue weighted by molar-refractivity contribution is 5.77. The van der Waals surface area contributed by atoms with E-state index in [0.29, 0.717) is 0 Å². The Hall–Kier alpha value is -1.14. The minimum Gasteiger partial charge on any atom is -0.547 e. The molecule has 0 aliphatic rings. The Labute approximate surface area is 178 Å². The van der Waals surface area contributed by atoms with Gasteiger partial charge in [-0.2, -0.15) is 0 Å². The van der Waals surface area contributed by atoms with Gasteiger partial charge in [0.25, 0.3) is 0 Å². The molecule has 0 radical (unpaired) electrons. The summed E-state index contributed by atoms with van der Waals surface area (Å²) < 4.78 is 1.12. The van der Waals surface area contributed by atoms with E-state index in [1.807, 2.05) is 0 Å². The maximum absolute atomic E-state index is 9.66. The molecule has 0 amide bonds. The molecule has 0 spiro atoms. The zero-order valence-electron chi connectivity index (χ0n) is 19.5. The number of carboxylic acids is 2. The summed E-state index contributed by atoms with van der Waals surface area (Å²) in [4.78, 5) is 19.3. The lowest BCUT2D eigenvalue weighted by Crippen LogP contribution is -2.36. The fourth-order valence-electron chi connectivity index (χ4n) is 3.03. The molecule has 0 saturated carbocycles. The van der Waals surface area contributed by atoms with Crippen LogP contribution in [0, 0.1) is 0 Å². The van der Waals surface area contributed by atoms with E-state index in [2.05, 4.69) is 28.1 Å². The predicted octanol–water partition coefficient (Wildman–Crippen LogP) is 3.75. The van der Waals surface area contributed by atoms with Crippen molar-refractivity contribution < 1.29 is 29.4 Å². The van der Waals surface area contributed by atoms with Gasteiger partial charge in [0, 0.05) is 0 Å². The number of quaternary nitrogens is 1. The molecule has 0 saturated heterocycles. The highest BCUT2D eigenvalue weighted by atomic mass is 16.4. The zero-order chi connectivity index (χ0) is 22.5. The van der Waals surface area contributed by atoms with Gasteiger partial charge in [0.05, 0.1) is 40.1 Å². The summed E-state index contributed by atoms with van der Waals surface area (Å²) >= 11 is 0. The minimum absolute atomic E-state index is 0.817. The molecule has 0 aliphatic heterocycles. The number of nitrogens with zero attached hydrogens (tertiary/aromatic N) is 1. The zero-order valence-corrected chi connectivity index (χ0v) is 19.5. The SMILES string of the molecule is CCCCCCCCCCCCCCCC[N+](C)(C)C.O=C(O)CC(O)C(=O)[O-]. The first-order chi connectivity index (χ1) is 13.6. The summed E-state index contributed by atoms with van der Waals surface area (Å²) in [5.41, 5.74) is 0. The van der Waals surface area contributed by atoms with Gasteiger partial charge in [-0.05, 0) is 12.8 Å². The van der Waals surface area contributed by atoms with Crippen molar-refractivity contribution in [2.24, 2.45) is 0 Å². The maximum Gasteiger partial charge on any atom is 0.306 e. The molecule has 0 aromatic rings. The van der Waals surface area contributed by atoms with Crippen molar-refractivity contribution in [3.8, 4) is 0 Å². The fraction of sp³-hybridized carbons (Fsp3) is 0.913. The molecule has 0 rings (SSSR count). The Morgan fingerprint density at radius 3 is 1.34 bits per heavy atom. The summed E-state index contributed by atoms with van der Waals surface area (Å²) in [5, 5.41) is 25.7. The monoisotopic (exact) mass is 417 g/mol. The largest absolute Gasteiger partial charge is 0.547 e. The maximum atomic E-state index is 9.66. The molecule has 1 atom stereocenters. The van der Waals surface area contributed by atoms with Crippen LogP contribution in [0.25, 0.3) is 0 Å². The molecule has 2 N–H and O–H groups in total. The molecule has 6 nitrogen and oxygen atoms in total. The van der Waals surface area contributed by atoms with Crippen molar-refractivity contribution in [1.29, 1.82) is 0 Å². The van der Waals surface area contributed by atoms with Crippen LogP contribution in [0.15, 0.2) is 0 Å². The molecule has 29 heavy (non-hydrogen) atoms. The molecule has 6 heteroatoms. The quantitative estimate of drug-likeness (QED) is 0.261. The van der Waals surface area contributed by atoms with E-state index in [-0.39, 0.29) is 0 Å². The van der Waals surface area contributed by atoms with E-state index in [9.17, 15) is 14.7 Å². The Kier molecular flexibility index (Phi) is 20.9. The van der Waals surface area contributed by atoms with Gasteiger partial charge in [0.2, 0.25) is 0 Å². The fourth-order valence-corrected chi connectivity index (χ4v) is 3.03. The molecule has 0 aromatic carbocycles. The van der Waals surface area contributed by atoms with Gasteiger partial charge < -0.3 is 24.6 Å². The first-order valence-electron chi connectivity index (χ1n) is 11.5. The number of rotatable bonds is 18. The van der Waals surface area contributed by atoms with Crippen molar-refractivity contribution in [3.63, 3.8) is 0 Å². The topological polar surface area (TPSA) is 97.7 Å². The Bertz CT molecular complexity index is 393. The molecule has 0 bridgehead atoms. The van der Waals surface area contributed by atoms with Crippen LogP contribution in [-0.2, 0) is 9.59 Å². The van der Waals surface area contributed by atoms with Gasteiger partial charge in [0.15, 0.2) is 0 Å². The second kappa shape index (κ2) is 20.1. The number of carbonyl (C=O) groups excluding carboxylic acids is 1. The van der Waals surface area contributed by atoms with Crippen LogP contribution in [0.4, 0.5) is 0 Å². The molecule has 0 aliphatic carbocycles. The third kappa shape index (κ3) is 29.2. The van der Waals surface area contributed by atoms with Crippen LogP contribution >= 0.6 is 0 Å². The average molecular weight is 418 g/mol. The number of unbranched alkanes of at least 4 members (excludes halogenated alkanes) is 13. The van der Waals surface area contributed by atoms with Crippen molar-refractivity contribution in [3.05, 3.63) is 0 Å².